The minimum Gasteiger partial charge on any atom is -0.481 e. The van der Waals surface area contributed by atoms with Crippen LogP contribution in [0.1, 0.15) is 41.6 Å². The number of halogens is 1. The molecule has 2 aliphatic carbocycles. The highest BCUT2D eigenvalue weighted by molar-refractivity contribution is 6.31. The predicted octanol–water partition coefficient (Wildman–Crippen LogP) is 5.35. The molecule has 2 aromatic carbocycles. The van der Waals surface area contributed by atoms with Gasteiger partial charge in [-0.05, 0) is 80.3 Å². The molecule has 4 atom stereocenters. The number of aryl methyl sites for hydroxylation is 1. The first-order valence-electron chi connectivity index (χ1n) is 12.5. The average molecular weight is 508 g/mol. The van der Waals surface area contributed by atoms with Crippen molar-refractivity contribution in [1.82, 2.24) is 0 Å². The molecule has 2 amide bonds. The highest BCUT2D eigenvalue weighted by Gasteiger charge is 2.51. The monoisotopic (exact) mass is 507 g/mol. The van der Waals surface area contributed by atoms with Crippen LogP contribution < -0.4 is 15.5 Å². The Balaban J connectivity index is 1.43. The topological polar surface area (TPSA) is 98.7 Å². The van der Waals surface area contributed by atoms with E-state index in [-0.39, 0.29) is 23.7 Å². The Morgan fingerprint density at radius 1 is 0.944 bits per heavy atom. The van der Waals surface area contributed by atoms with E-state index >= 15 is 0 Å². The SMILES string of the molecule is Cc1ccc(Cl)cc1NC(=O)c1cc(NC(=O)[C@H]2[C@H](C(=O)O)[C@H]3C=C[C@H]2C3)ccc1N1CCCCC1. The number of rotatable bonds is 6. The standard InChI is InChI=1S/C28H30ClN3O4/c1-16-5-8-19(29)14-22(16)31-26(33)21-15-20(9-10-23(21)32-11-3-2-4-12-32)30-27(34)24-17-6-7-18(13-17)25(24)28(35)36/h5-10,14-15,17-18,24-25H,2-4,11-13H2,1H3,(H,30,34)(H,31,33)(H,35,36)/t17-,18-,24+,25+/m0/s1. The van der Waals surface area contributed by atoms with Crippen molar-refractivity contribution in [2.24, 2.45) is 23.7 Å². The van der Waals surface area contributed by atoms with Crippen molar-refractivity contribution >= 4 is 46.4 Å². The number of nitrogens with one attached hydrogen (secondary N) is 2. The number of carbonyl (C=O) groups is 3. The summed E-state index contributed by atoms with van der Waals surface area (Å²) in [6.45, 7) is 3.62. The van der Waals surface area contributed by atoms with E-state index < -0.39 is 17.8 Å². The van der Waals surface area contributed by atoms with E-state index in [1.807, 2.05) is 31.2 Å². The van der Waals surface area contributed by atoms with Crippen LogP contribution in [0.15, 0.2) is 48.6 Å². The summed E-state index contributed by atoms with van der Waals surface area (Å²) in [5.74, 6) is -3.06. The number of hydrogen-bond acceptors (Lipinski definition) is 4. The van der Waals surface area contributed by atoms with Crippen molar-refractivity contribution < 1.29 is 19.5 Å². The summed E-state index contributed by atoms with van der Waals surface area (Å²) < 4.78 is 0. The number of carboxylic acids is 1. The fourth-order valence-electron chi connectivity index (χ4n) is 5.87. The first-order valence-corrected chi connectivity index (χ1v) is 12.9. The molecule has 188 valence electrons. The van der Waals surface area contributed by atoms with E-state index in [0.717, 1.165) is 43.6 Å². The second-order valence-corrected chi connectivity index (χ2v) is 10.5. The van der Waals surface area contributed by atoms with Crippen LogP contribution >= 0.6 is 11.6 Å². The van der Waals surface area contributed by atoms with Crippen LogP contribution in [0.5, 0.6) is 0 Å². The first-order chi connectivity index (χ1) is 17.3. The molecule has 7 nitrogen and oxygen atoms in total. The highest BCUT2D eigenvalue weighted by atomic mass is 35.5. The van der Waals surface area contributed by atoms with Gasteiger partial charge in [-0.3, -0.25) is 14.4 Å². The van der Waals surface area contributed by atoms with Crippen LogP contribution in [0.2, 0.25) is 5.02 Å². The molecule has 0 unspecified atom stereocenters. The fraction of sp³-hybridized carbons (Fsp3) is 0.393. The zero-order chi connectivity index (χ0) is 25.4. The molecule has 0 spiro atoms. The van der Waals surface area contributed by atoms with Crippen LogP contribution in [-0.4, -0.2) is 36.0 Å². The average Bonchev–Trinajstić information content (AvgIpc) is 3.49. The van der Waals surface area contributed by atoms with Gasteiger partial charge in [0.25, 0.3) is 5.91 Å². The van der Waals surface area contributed by atoms with Gasteiger partial charge in [-0.2, -0.15) is 0 Å². The lowest BCUT2D eigenvalue weighted by molar-refractivity contribution is -0.146. The Hall–Kier alpha value is -3.32. The molecule has 8 heteroatoms. The summed E-state index contributed by atoms with van der Waals surface area (Å²) in [6.07, 6.45) is 7.84. The Kier molecular flexibility index (Phi) is 6.75. The molecule has 2 bridgehead atoms. The van der Waals surface area contributed by atoms with E-state index in [0.29, 0.717) is 28.4 Å². The zero-order valence-electron chi connectivity index (χ0n) is 20.2. The van der Waals surface area contributed by atoms with Crippen LogP contribution in [-0.2, 0) is 9.59 Å². The maximum atomic E-state index is 13.5. The lowest BCUT2D eigenvalue weighted by Crippen LogP contribution is -2.36. The summed E-state index contributed by atoms with van der Waals surface area (Å²) in [6, 6.07) is 10.7. The quantitative estimate of drug-likeness (QED) is 0.458. The Morgan fingerprint density at radius 2 is 1.67 bits per heavy atom. The van der Waals surface area contributed by atoms with Crippen molar-refractivity contribution in [3.63, 3.8) is 0 Å². The Labute approximate surface area is 215 Å². The number of benzene rings is 2. The number of carbonyl (C=O) groups excluding carboxylic acids is 2. The van der Waals surface area contributed by atoms with Gasteiger partial charge in [0.15, 0.2) is 0 Å². The number of anilines is 3. The molecule has 36 heavy (non-hydrogen) atoms. The number of carboxylic acid groups (broad SMARTS) is 1. The van der Waals surface area contributed by atoms with E-state index in [9.17, 15) is 19.5 Å². The fourth-order valence-corrected chi connectivity index (χ4v) is 6.04. The Morgan fingerprint density at radius 3 is 2.39 bits per heavy atom. The third kappa shape index (κ3) is 4.72. The summed E-state index contributed by atoms with van der Waals surface area (Å²) >= 11 is 6.15. The molecule has 1 saturated carbocycles. The highest BCUT2D eigenvalue weighted by Crippen LogP contribution is 2.48. The first kappa shape index (κ1) is 24.4. The third-order valence-electron chi connectivity index (χ3n) is 7.70. The third-order valence-corrected chi connectivity index (χ3v) is 7.94. The van der Waals surface area contributed by atoms with Gasteiger partial charge in [0.2, 0.25) is 5.91 Å². The molecule has 0 aromatic heterocycles. The van der Waals surface area contributed by atoms with Gasteiger partial charge in [-0.25, -0.2) is 0 Å². The maximum Gasteiger partial charge on any atom is 0.307 e. The minimum atomic E-state index is -0.940. The van der Waals surface area contributed by atoms with Crippen LogP contribution in [0.25, 0.3) is 0 Å². The largest absolute Gasteiger partial charge is 0.481 e. The number of allylic oxidation sites excluding steroid dienone is 2. The molecule has 5 rings (SSSR count). The summed E-state index contributed by atoms with van der Waals surface area (Å²) in [5, 5.41) is 16.1. The smallest absolute Gasteiger partial charge is 0.307 e. The zero-order valence-corrected chi connectivity index (χ0v) is 20.9. The second-order valence-electron chi connectivity index (χ2n) is 10.0. The van der Waals surface area contributed by atoms with E-state index in [2.05, 4.69) is 15.5 Å². The van der Waals surface area contributed by atoms with Crippen molar-refractivity contribution in [1.29, 1.82) is 0 Å². The summed E-state index contributed by atoms with van der Waals surface area (Å²) in [4.78, 5) is 40.8. The van der Waals surface area contributed by atoms with Crippen molar-refractivity contribution in [3.05, 3.63) is 64.7 Å². The number of amides is 2. The van der Waals surface area contributed by atoms with Gasteiger partial charge in [0.05, 0.1) is 17.4 Å². The molecular weight excluding hydrogens is 478 g/mol. The number of nitrogens with zero attached hydrogens (tertiary/aromatic N) is 1. The second kappa shape index (κ2) is 9.97. The van der Waals surface area contributed by atoms with Crippen molar-refractivity contribution in [2.75, 3.05) is 28.6 Å². The van der Waals surface area contributed by atoms with Crippen LogP contribution in [0, 0.1) is 30.6 Å². The number of fused-ring (bicyclic) bond motifs is 2. The normalized spacial score (nSPS) is 24.6. The number of hydrogen-bond donors (Lipinski definition) is 3. The van der Waals surface area contributed by atoms with Gasteiger partial charge in [-0.1, -0.05) is 29.8 Å². The molecule has 1 heterocycles. The van der Waals surface area contributed by atoms with E-state index in [4.69, 9.17) is 11.6 Å². The van der Waals surface area contributed by atoms with E-state index in [1.165, 1.54) is 0 Å². The summed E-state index contributed by atoms with van der Waals surface area (Å²) in [7, 11) is 0. The molecule has 0 radical (unpaired) electrons. The predicted molar refractivity (Wildman–Crippen MR) is 141 cm³/mol. The molecular formula is C28H30ClN3O4. The summed E-state index contributed by atoms with van der Waals surface area (Å²) in [5.41, 5.74) is 3.27. The Bertz CT molecular complexity index is 1240. The van der Waals surface area contributed by atoms with Gasteiger partial charge in [0, 0.05) is 35.2 Å². The van der Waals surface area contributed by atoms with Crippen LogP contribution in [0.3, 0.4) is 0 Å². The van der Waals surface area contributed by atoms with E-state index in [1.54, 1.807) is 24.3 Å². The molecule has 1 saturated heterocycles. The number of aliphatic carboxylic acids is 1. The van der Waals surface area contributed by atoms with Gasteiger partial charge >= 0.3 is 5.97 Å². The number of piperidine rings is 1. The molecule has 2 aromatic rings. The molecule has 3 N–H and O–H groups in total. The molecule has 1 aliphatic heterocycles. The minimum absolute atomic E-state index is 0.0719. The maximum absolute atomic E-state index is 13.5. The van der Waals surface area contributed by atoms with Crippen molar-refractivity contribution in [2.45, 2.75) is 32.6 Å². The van der Waals surface area contributed by atoms with Gasteiger partial charge in [0.1, 0.15) is 0 Å². The molecule has 2 fully saturated rings. The van der Waals surface area contributed by atoms with Crippen LogP contribution in [0.4, 0.5) is 17.1 Å². The lowest BCUT2D eigenvalue weighted by atomic mass is 9.82. The van der Waals surface area contributed by atoms with Gasteiger partial charge < -0.3 is 20.6 Å². The van der Waals surface area contributed by atoms with Gasteiger partial charge in [-0.15, -0.1) is 0 Å². The molecule has 3 aliphatic rings. The lowest BCUT2D eigenvalue weighted by Gasteiger charge is -2.31. The van der Waals surface area contributed by atoms with Crippen molar-refractivity contribution in [3.8, 4) is 0 Å².